The number of hydrogen-bond acceptors (Lipinski definition) is 2. The number of nitrogen functional groups attached to an aromatic ring is 1. The van der Waals surface area contributed by atoms with Gasteiger partial charge in [0.1, 0.15) is 0 Å². The van der Waals surface area contributed by atoms with Crippen LogP contribution in [0.2, 0.25) is 0 Å². The fourth-order valence-corrected chi connectivity index (χ4v) is 2.51. The van der Waals surface area contributed by atoms with Gasteiger partial charge in [-0.2, -0.15) is 0 Å². The van der Waals surface area contributed by atoms with Gasteiger partial charge in [0, 0.05) is 34.8 Å². The van der Waals surface area contributed by atoms with Crippen LogP contribution in [0.1, 0.15) is 18.1 Å². The lowest BCUT2D eigenvalue weighted by Gasteiger charge is -2.09. The molecule has 2 aromatic carbocycles. The van der Waals surface area contributed by atoms with Gasteiger partial charge in [-0.15, -0.1) is 0 Å². The smallest absolute Gasteiger partial charge is 0.251 e. The minimum Gasteiger partial charge on any atom is -0.399 e. The van der Waals surface area contributed by atoms with Gasteiger partial charge in [-0.1, -0.05) is 30.0 Å². The van der Waals surface area contributed by atoms with Gasteiger partial charge in [0.05, 0.1) is 5.52 Å². The number of anilines is 1. The third kappa shape index (κ3) is 2.59. The second-order valence-corrected chi connectivity index (χ2v) is 5.03. The maximum atomic E-state index is 12.0. The number of nitrogens with two attached hydrogens (primary N) is 1. The first-order valence-corrected chi connectivity index (χ1v) is 7.19. The normalized spacial score (nSPS) is 10.2. The molecule has 0 aliphatic heterocycles. The molecule has 0 spiro atoms. The molecule has 0 saturated carbocycles. The van der Waals surface area contributed by atoms with Crippen LogP contribution in [0.3, 0.4) is 0 Å². The zero-order valence-electron chi connectivity index (χ0n) is 12.3. The van der Waals surface area contributed by atoms with Crippen molar-refractivity contribution in [1.82, 2.24) is 4.57 Å². The predicted octanol–water partition coefficient (Wildman–Crippen LogP) is 3.00. The van der Waals surface area contributed by atoms with E-state index in [0.29, 0.717) is 12.2 Å². The number of fused-ring (bicyclic) bond motifs is 1. The third-order valence-electron chi connectivity index (χ3n) is 3.56. The summed E-state index contributed by atoms with van der Waals surface area (Å²) in [5, 5.41) is 0.944. The average Bonchev–Trinajstić information content (AvgIpc) is 2.53. The Morgan fingerprint density at radius 1 is 1.05 bits per heavy atom. The molecule has 0 atom stereocenters. The fourth-order valence-electron chi connectivity index (χ4n) is 2.51. The number of rotatable bonds is 1. The summed E-state index contributed by atoms with van der Waals surface area (Å²) in [5.41, 5.74) is 9.17. The first-order chi connectivity index (χ1) is 10.7. The summed E-state index contributed by atoms with van der Waals surface area (Å²) in [6.45, 7) is 2.55. The van der Waals surface area contributed by atoms with Crippen LogP contribution in [-0.4, -0.2) is 4.57 Å². The van der Waals surface area contributed by atoms with Crippen LogP contribution in [0.25, 0.3) is 10.9 Å². The van der Waals surface area contributed by atoms with Crippen LogP contribution in [-0.2, 0) is 6.54 Å². The van der Waals surface area contributed by atoms with Gasteiger partial charge in [0.15, 0.2) is 0 Å². The topological polar surface area (TPSA) is 48.0 Å². The largest absolute Gasteiger partial charge is 0.399 e. The molecule has 0 fully saturated rings. The lowest BCUT2D eigenvalue weighted by molar-refractivity contribution is 0.760. The number of aromatic nitrogens is 1. The van der Waals surface area contributed by atoms with Crippen molar-refractivity contribution in [1.29, 1.82) is 0 Å². The Morgan fingerprint density at radius 2 is 1.82 bits per heavy atom. The Morgan fingerprint density at radius 3 is 2.55 bits per heavy atom. The number of pyridine rings is 1. The minimum atomic E-state index is -0.0254. The van der Waals surface area contributed by atoms with E-state index >= 15 is 0 Å². The maximum Gasteiger partial charge on any atom is 0.251 e. The molecule has 0 aliphatic rings. The number of hydrogen-bond donors (Lipinski definition) is 1. The summed E-state index contributed by atoms with van der Waals surface area (Å²) in [6.07, 6.45) is 0. The predicted molar refractivity (Wildman–Crippen MR) is 90.7 cm³/mol. The molecular formula is C19H16N2O. The lowest BCUT2D eigenvalue weighted by atomic mass is 10.1. The van der Waals surface area contributed by atoms with Crippen molar-refractivity contribution in [2.24, 2.45) is 0 Å². The first-order valence-electron chi connectivity index (χ1n) is 7.19. The third-order valence-corrected chi connectivity index (χ3v) is 3.56. The van der Waals surface area contributed by atoms with Crippen LogP contribution in [0.5, 0.6) is 0 Å². The Hall–Kier alpha value is -2.99. The minimum absolute atomic E-state index is 0.0254. The maximum absolute atomic E-state index is 12.0. The highest BCUT2D eigenvalue weighted by molar-refractivity contribution is 5.88. The van der Waals surface area contributed by atoms with E-state index in [0.717, 1.165) is 22.0 Å². The molecule has 1 heterocycles. The highest BCUT2D eigenvalue weighted by Crippen LogP contribution is 2.21. The Kier molecular flexibility index (Phi) is 3.67. The average molecular weight is 288 g/mol. The number of nitrogens with zero attached hydrogens (tertiary/aromatic N) is 1. The molecule has 0 saturated heterocycles. The standard InChI is InChI=1S/C19H16N2O/c1-2-21-18-13-16(20)12-15(17(18)10-11-19(21)22)9-8-14-6-4-3-5-7-14/h3-7,10-13H,2,20H2,1H3. The molecule has 108 valence electrons. The van der Waals surface area contributed by atoms with Crippen molar-refractivity contribution >= 4 is 16.6 Å². The summed E-state index contributed by atoms with van der Waals surface area (Å²) in [6, 6.07) is 16.9. The summed E-state index contributed by atoms with van der Waals surface area (Å²) >= 11 is 0. The molecule has 0 radical (unpaired) electrons. The van der Waals surface area contributed by atoms with E-state index in [1.54, 1.807) is 10.6 Å². The monoisotopic (exact) mass is 288 g/mol. The molecular weight excluding hydrogens is 272 g/mol. The molecule has 22 heavy (non-hydrogen) atoms. The Labute approximate surface area is 129 Å². The van der Waals surface area contributed by atoms with E-state index in [4.69, 9.17) is 5.73 Å². The van der Waals surface area contributed by atoms with E-state index in [-0.39, 0.29) is 5.56 Å². The SMILES string of the molecule is CCn1c(=O)ccc2c(C#Cc3ccccc3)cc(N)cc21. The second-order valence-electron chi connectivity index (χ2n) is 5.03. The van der Waals surface area contributed by atoms with Crippen LogP contribution < -0.4 is 11.3 Å². The number of aryl methyl sites for hydroxylation is 1. The molecule has 3 rings (SSSR count). The second kappa shape index (κ2) is 5.79. The van der Waals surface area contributed by atoms with Gasteiger partial charge in [-0.05, 0) is 37.3 Å². The highest BCUT2D eigenvalue weighted by atomic mass is 16.1. The Bertz CT molecular complexity index is 944. The molecule has 3 heteroatoms. The molecule has 0 unspecified atom stereocenters. The molecule has 3 nitrogen and oxygen atoms in total. The van der Waals surface area contributed by atoms with Gasteiger partial charge < -0.3 is 10.3 Å². The van der Waals surface area contributed by atoms with Crippen LogP contribution >= 0.6 is 0 Å². The summed E-state index contributed by atoms with van der Waals surface area (Å²) in [4.78, 5) is 12.0. The van der Waals surface area contributed by atoms with Gasteiger partial charge in [-0.3, -0.25) is 4.79 Å². The van der Waals surface area contributed by atoms with Crippen molar-refractivity contribution in [3.05, 3.63) is 76.1 Å². The summed E-state index contributed by atoms with van der Waals surface area (Å²) < 4.78 is 1.71. The summed E-state index contributed by atoms with van der Waals surface area (Å²) in [7, 11) is 0. The molecule has 3 aromatic rings. The van der Waals surface area contributed by atoms with Crippen LogP contribution in [0.15, 0.2) is 59.4 Å². The van der Waals surface area contributed by atoms with E-state index in [9.17, 15) is 4.79 Å². The van der Waals surface area contributed by atoms with E-state index in [1.807, 2.05) is 55.5 Å². The first kappa shape index (κ1) is 14.0. The molecule has 0 aliphatic carbocycles. The van der Waals surface area contributed by atoms with Crippen molar-refractivity contribution in [3.8, 4) is 11.8 Å². The van der Waals surface area contributed by atoms with Crippen LogP contribution in [0, 0.1) is 11.8 Å². The van der Waals surface area contributed by atoms with Gasteiger partial charge in [0.25, 0.3) is 5.56 Å². The van der Waals surface area contributed by atoms with Gasteiger partial charge in [-0.25, -0.2) is 0 Å². The lowest BCUT2D eigenvalue weighted by Crippen LogP contribution is -2.18. The fraction of sp³-hybridized carbons (Fsp3) is 0.105. The highest BCUT2D eigenvalue weighted by Gasteiger charge is 2.06. The summed E-state index contributed by atoms with van der Waals surface area (Å²) in [5.74, 6) is 6.31. The van der Waals surface area contributed by atoms with E-state index in [2.05, 4.69) is 11.8 Å². The van der Waals surface area contributed by atoms with Crippen molar-refractivity contribution in [2.45, 2.75) is 13.5 Å². The number of benzene rings is 2. The quantitative estimate of drug-likeness (QED) is 0.553. The van der Waals surface area contributed by atoms with Gasteiger partial charge in [0.2, 0.25) is 0 Å². The molecule has 2 N–H and O–H groups in total. The molecule has 1 aromatic heterocycles. The Balaban J connectivity index is 2.23. The van der Waals surface area contributed by atoms with Crippen molar-refractivity contribution < 1.29 is 0 Å². The van der Waals surface area contributed by atoms with Gasteiger partial charge >= 0.3 is 0 Å². The molecule has 0 bridgehead atoms. The van der Waals surface area contributed by atoms with Crippen molar-refractivity contribution in [2.75, 3.05) is 5.73 Å². The van der Waals surface area contributed by atoms with E-state index in [1.165, 1.54) is 0 Å². The van der Waals surface area contributed by atoms with Crippen LogP contribution in [0.4, 0.5) is 5.69 Å². The molecule has 0 amide bonds. The van der Waals surface area contributed by atoms with Crippen molar-refractivity contribution in [3.63, 3.8) is 0 Å². The zero-order chi connectivity index (χ0) is 15.5. The van der Waals surface area contributed by atoms with E-state index < -0.39 is 0 Å². The zero-order valence-corrected chi connectivity index (χ0v) is 12.3.